The summed E-state index contributed by atoms with van der Waals surface area (Å²) in [4.78, 5) is 3.76. The Kier molecular flexibility index (Phi) is 3.51. The van der Waals surface area contributed by atoms with E-state index in [9.17, 15) is 10.2 Å². The Morgan fingerprint density at radius 2 is 2.07 bits per heavy atom. The molecule has 5 nitrogen and oxygen atoms in total. The maximum absolute atomic E-state index is 9.53. The first kappa shape index (κ1) is 11.0. The maximum atomic E-state index is 9.53. The second-order valence-corrected chi connectivity index (χ2v) is 3.22. The molecule has 0 spiro atoms. The van der Waals surface area contributed by atoms with Crippen LogP contribution < -0.4 is 11.5 Å². The molecule has 0 amide bonds. The lowest BCUT2D eigenvalue weighted by molar-refractivity contribution is 0.0325. The number of halogens is 1. The van der Waals surface area contributed by atoms with Gasteiger partial charge < -0.3 is 21.7 Å². The first-order valence-electron chi connectivity index (χ1n) is 3.99. The molecule has 6 heteroatoms. The zero-order valence-corrected chi connectivity index (χ0v) is 8.15. The van der Waals surface area contributed by atoms with Crippen LogP contribution in [0.1, 0.15) is 11.7 Å². The number of alkyl halides is 1. The molecule has 14 heavy (non-hydrogen) atoms. The summed E-state index contributed by atoms with van der Waals surface area (Å²) in [6, 6.07) is 1.46. The van der Waals surface area contributed by atoms with Gasteiger partial charge in [0.2, 0.25) is 0 Å². The van der Waals surface area contributed by atoms with Crippen LogP contribution in [0.25, 0.3) is 0 Å². The maximum Gasteiger partial charge on any atom is 0.146 e. The molecule has 0 aromatic carbocycles. The van der Waals surface area contributed by atoms with Crippen LogP contribution >= 0.6 is 11.6 Å². The highest BCUT2D eigenvalue weighted by Gasteiger charge is 2.18. The molecule has 0 fully saturated rings. The van der Waals surface area contributed by atoms with E-state index in [2.05, 4.69) is 4.98 Å². The normalized spacial score (nSPS) is 15.1. The van der Waals surface area contributed by atoms with Crippen molar-refractivity contribution in [3.05, 3.63) is 17.8 Å². The van der Waals surface area contributed by atoms with Crippen molar-refractivity contribution in [3.8, 4) is 0 Å². The third-order valence-corrected chi connectivity index (χ3v) is 2.15. The second-order valence-electron chi connectivity index (χ2n) is 2.91. The SMILES string of the molecule is Nc1cc(C(O)C(O)CCl)cnc1N. The number of aliphatic hydroxyl groups is 2. The van der Waals surface area contributed by atoms with Crippen molar-refractivity contribution in [2.45, 2.75) is 12.2 Å². The molecule has 0 aliphatic carbocycles. The van der Waals surface area contributed by atoms with Crippen LogP contribution in [-0.4, -0.2) is 27.2 Å². The molecule has 2 unspecified atom stereocenters. The van der Waals surface area contributed by atoms with Gasteiger partial charge in [-0.05, 0) is 6.07 Å². The minimum absolute atomic E-state index is 0.0640. The third-order valence-electron chi connectivity index (χ3n) is 1.83. The molecular weight excluding hydrogens is 206 g/mol. The predicted octanol–water partition coefficient (Wildman–Crippen LogP) is -0.121. The van der Waals surface area contributed by atoms with Crippen LogP contribution in [0.3, 0.4) is 0 Å². The lowest BCUT2D eigenvalue weighted by atomic mass is 10.1. The fraction of sp³-hybridized carbons (Fsp3) is 0.375. The smallest absolute Gasteiger partial charge is 0.146 e. The molecular formula is C8H12ClN3O2. The number of nitrogens with zero attached hydrogens (tertiary/aromatic N) is 1. The topological polar surface area (TPSA) is 105 Å². The van der Waals surface area contributed by atoms with Crippen molar-refractivity contribution in [2.24, 2.45) is 0 Å². The molecule has 0 saturated carbocycles. The van der Waals surface area contributed by atoms with Gasteiger partial charge in [-0.15, -0.1) is 11.6 Å². The van der Waals surface area contributed by atoms with Gasteiger partial charge in [-0.25, -0.2) is 4.98 Å². The van der Waals surface area contributed by atoms with E-state index in [-0.39, 0.29) is 17.4 Å². The Hall–Kier alpha value is -1.04. The highest BCUT2D eigenvalue weighted by atomic mass is 35.5. The summed E-state index contributed by atoms with van der Waals surface area (Å²) in [5.74, 6) is 0.132. The van der Waals surface area contributed by atoms with Gasteiger partial charge >= 0.3 is 0 Å². The molecule has 6 N–H and O–H groups in total. The molecule has 0 radical (unpaired) electrons. The minimum Gasteiger partial charge on any atom is -0.396 e. The Morgan fingerprint density at radius 1 is 1.43 bits per heavy atom. The number of aliphatic hydroxyl groups excluding tert-OH is 2. The second kappa shape index (κ2) is 4.45. The van der Waals surface area contributed by atoms with Crippen LogP contribution in [-0.2, 0) is 0 Å². The zero-order valence-electron chi connectivity index (χ0n) is 7.39. The average Bonchev–Trinajstić information content (AvgIpc) is 2.20. The highest BCUT2D eigenvalue weighted by Crippen LogP contribution is 2.21. The van der Waals surface area contributed by atoms with Crippen molar-refractivity contribution in [1.82, 2.24) is 4.98 Å². The number of aromatic nitrogens is 1. The van der Waals surface area contributed by atoms with Crippen molar-refractivity contribution in [1.29, 1.82) is 0 Å². The molecule has 1 heterocycles. The Morgan fingerprint density at radius 3 is 2.57 bits per heavy atom. The number of rotatable bonds is 3. The van der Waals surface area contributed by atoms with E-state index in [4.69, 9.17) is 23.1 Å². The summed E-state index contributed by atoms with van der Waals surface area (Å²) >= 11 is 5.38. The van der Waals surface area contributed by atoms with E-state index < -0.39 is 12.2 Å². The van der Waals surface area contributed by atoms with Crippen LogP contribution in [0.5, 0.6) is 0 Å². The van der Waals surface area contributed by atoms with Gasteiger partial charge in [0, 0.05) is 11.8 Å². The summed E-state index contributed by atoms with van der Waals surface area (Å²) in [7, 11) is 0. The number of nitrogen functional groups attached to an aromatic ring is 2. The quantitative estimate of drug-likeness (QED) is 0.529. The van der Waals surface area contributed by atoms with Crippen molar-refractivity contribution >= 4 is 23.1 Å². The van der Waals surface area contributed by atoms with Gasteiger partial charge in [0.25, 0.3) is 0 Å². The van der Waals surface area contributed by atoms with Gasteiger partial charge in [0.1, 0.15) is 11.9 Å². The van der Waals surface area contributed by atoms with E-state index in [1.54, 1.807) is 0 Å². The molecule has 0 bridgehead atoms. The lowest BCUT2D eigenvalue weighted by Crippen LogP contribution is -2.20. The van der Waals surface area contributed by atoms with Gasteiger partial charge in [-0.2, -0.15) is 0 Å². The number of pyridine rings is 1. The fourth-order valence-electron chi connectivity index (χ4n) is 0.978. The van der Waals surface area contributed by atoms with Gasteiger partial charge in [-0.1, -0.05) is 0 Å². The predicted molar refractivity (Wildman–Crippen MR) is 54.7 cm³/mol. The molecule has 0 saturated heterocycles. The van der Waals surface area contributed by atoms with Crippen LogP contribution in [0, 0.1) is 0 Å². The molecule has 0 aliphatic rings. The van der Waals surface area contributed by atoms with Crippen molar-refractivity contribution in [3.63, 3.8) is 0 Å². The molecule has 0 aliphatic heterocycles. The number of anilines is 2. The van der Waals surface area contributed by atoms with E-state index >= 15 is 0 Å². The minimum atomic E-state index is -1.09. The summed E-state index contributed by atoms with van der Waals surface area (Å²) in [5.41, 5.74) is 11.5. The molecule has 1 aromatic rings. The molecule has 1 rings (SSSR count). The molecule has 78 valence electrons. The Bertz CT molecular complexity index is 321. The summed E-state index contributed by atoms with van der Waals surface area (Å²) in [5, 5.41) is 18.8. The summed E-state index contributed by atoms with van der Waals surface area (Å²) in [6.07, 6.45) is -0.782. The number of hydrogen-bond donors (Lipinski definition) is 4. The van der Waals surface area contributed by atoms with E-state index in [0.717, 1.165) is 0 Å². The van der Waals surface area contributed by atoms with Crippen LogP contribution in [0.2, 0.25) is 0 Å². The van der Waals surface area contributed by atoms with E-state index in [1.807, 2.05) is 0 Å². The van der Waals surface area contributed by atoms with E-state index in [0.29, 0.717) is 5.56 Å². The third kappa shape index (κ3) is 2.25. The standard InChI is InChI=1S/C8H12ClN3O2/c9-2-6(13)7(14)4-1-5(10)8(11)12-3-4/h1,3,6-7,13-14H,2,10H2,(H2,11,12). The Balaban J connectivity index is 2.91. The average molecular weight is 218 g/mol. The summed E-state index contributed by atoms with van der Waals surface area (Å²) in [6.45, 7) is 0. The van der Waals surface area contributed by atoms with Crippen LogP contribution in [0.4, 0.5) is 11.5 Å². The van der Waals surface area contributed by atoms with Gasteiger partial charge in [0.15, 0.2) is 0 Å². The Labute approximate surface area is 86.3 Å². The fourth-order valence-corrected chi connectivity index (χ4v) is 1.15. The number of nitrogens with two attached hydrogens (primary N) is 2. The monoisotopic (exact) mass is 217 g/mol. The largest absolute Gasteiger partial charge is 0.396 e. The molecule has 1 aromatic heterocycles. The van der Waals surface area contributed by atoms with Crippen molar-refractivity contribution in [2.75, 3.05) is 17.3 Å². The number of hydrogen-bond acceptors (Lipinski definition) is 5. The first-order valence-corrected chi connectivity index (χ1v) is 4.52. The molecule has 2 atom stereocenters. The first-order chi connectivity index (χ1) is 6.56. The highest BCUT2D eigenvalue weighted by molar-refractivity contribution is 6.18. The van der Waals surface area contributed by atoms with Gasteiger partial charge in [-0.3, -0.25) is 0 Å². The lowest BCUT2D eigenvalue weighted by Gasteiger charge is -2.15. The van der Waals surface area contributed by atoms with Gasteiger partial charge in [0.05, 0.1) is 17.7 Å². The van der Waals surface area contributed by atoms with Crippen LogP contribution in [0.15, 0.2) is 12.3 Å². The zero-order chi connectivity index (χ0) is 10.7. The van der Waals surface area contributed by atoms with E-state index in [1.165, 1.54) is 12.3 Å². The summed E-state index contributed by atoms with van der Waals surface area (Å²) < 4.78 is 0. The van der Waals surface area contributed by atoms with Crippen molar-refractivity contribution < 1.29 is 10.2 Å².